The van der Waals surface area contributed by atoms with Gasteiger partial charge >= 0.3 is 0 Å². The average molecular weight is 336 g/mol. The summed E-state index contributed by atoms with van der Waals surface area (Å²) >= 11 is 3.39. The van der Waals surface area contributed by atoms with E-state index in [1.165, 1.54) is 5.56 Å². The van der Waals surface area contributed by atoms with Crippen molar-refractivity contribution >= 4 is 34.2 Å². The normalized spacial score (nSPS) is 9.67. The number of halogens is 2. The molecular formula is C13H20BrClN2O. The lowest BCUT2D eigenvalue weighted by Gasteiger charge is -2.05. The van der Waals surface area contributed by atoms with Crippen LogP contribution in [-0.2, 0) is 11.2 Å². The van der Waals surface area contributed by atoms with Crippen LogP contribution in [0.3, 0.4) is 0 Å². The van der Waals surface area contributed by atoms with Crippen LogP contribution in [0.4, 0.5) is 0 Å². The minimum absolute atomic E-state index is 0. The fourth-order valence-corrected chi connectivity index (χ4v) is 1.75. The first-order valence-electron chi connectivity index (χ1n) is 5.88. The fourth-order valence-electron chi connectivity index (χ4n) is 1.49. The Hall–Kier alpha value is -0.580. The van der Waals surface area contributed by atoms with Gasteiger partial charge in [-0.3, -0.25) is 4.79 Å². The zero-order valence-corrected chi connectivity index (χ0v) is 12.9. The first kappa shape index (κ1) is 17.4. The lowest BCUT2D eigenvalue weighted by Crippen LogP contribution is -2.26. The minimum atomic E-state index is 0. The molecule has 0 atom stereocenters. The fraction of sp³-hybridized carbons (Fsp3) is 0.462. The van der Waals surface area contributed by atoms with E-state index in [-0.39, 0.29) is 18.3 Å². The highest BCUT2D eigenvalue weighted by Crippen LogP contribution is 2.11. The Morgan fingerprint density at radius 3 is 2.50 bits per heavy atom. The lowest BCUT2D eigenvalue weighted by atomic mass is 10.1. The number of amides is 1. The van der Waals surface area contributed by atoms with Gasteiger partial charge in [0, 0.05) is 17.4 Å². The summed E-state index contributed by atoms with van der Waals surface area (Å²) in [5.74, 6) is 0.129. The molecule has 1 aromatic carbocycles. The van der Waals surface area contributed by atoms with E-state index in [0.717, 1.165) is 30.4 Å². The Morgan fingerprint density at radius 2 is 1.89 bits per heavy atom. The zero-order valence-electron chi connectivity index (χ0n) is 10.5. The van der Waals surface area contributed by atoms with Gasteiger partial charge in [0.2, 0.25) is 5.91 Å². The summed E-state index contributed by atoms with van der Waals surface area (Å²) in [4.78, 5) is 11.5. The highest BCUT2D eigenvalue weighted by atomic mass is 79.9. The molecule has 0 saturated heterocycles. The van der Waals surface area contributed by atoms with Crippen LogP contribution in [0.2, 0.25) is 0 Å². The van der Waals surface area contributed by atoms with Crippen molar-refractivity contribution in [2.75, 3.05) is 20.1 Å². The Morgan fingerprint density at radius 1 is 1.22 bits per heavy atom. The largest absolute Gasteiger partial charge is 0.356 e. The van der Waals surface area contributed by atoms with Crippen molar-refractivity contribution in [3.63, 3.8) is 0 Å². The van der Waals surface area contributed by atoms with Crippen LogP contribution in [0.15, 0.2) is 28.7 Å². The molecule has 0 fully saturated rings. The predicted octanol–water partition coefficient (Wildman–Crippen LogP) is 2.53. The van der Waals surface area contributed by atoms with E-state index in [2.05, 4.69) is 26.6 Å². The second kappa shape index (κ2) is 10.4. The number of hydrogen-bond acceptors (Lipinski definition) is 2. The van der Waals surface area contributed by atoms with Crippen LogP contribution in [0.1, 0.15) is 18.4 Å². The maximum absolute atomic E-state index is 11.5. The molecule has 0 aliphatic carbocycles. The third-order valence-electron chi connectivity index (χ3n) is 2.48. The maximum atomic E-state index is 11.5. The van der Waals surface area contributed by atoms with Gasteiger partial charge in [0.05, 0.1) is 0 Å². The van der Waals surface area contributed by atoms with Gasteiger partial charge in [-0.05, 0) is 44.1 Å². The summed E-state index contributed by atoms with van der Waals surface area (Å²) in [6.07, 6.45) is 2.33. The van der Waals surface area contributed by atoms with Gasteiger partial charge in [-0.25, -0.2) is 0 Å². The van der Waals surface area contributed by atoms with Gasteiger partial charge in [-0.15, -0.1) is 12.4 Å². The number of nitrogens with one attached hydrogen (secondary N) is 2. The Kier molecular flexibility index (Phi) is 10.0. The number of aryl methyl sites for hydroxylation is 1. The third kappa shape index (κ3) is 7.69. The first-order valence-corrected chi connectivity index (χ1v) is 6.67. The summed E-state index contributed by atoms with van der Waals surface area (Å²) in [6.45, 7) is 1.69. The molecule has 1 rings (SSSR count). The molecule has 0 bridgehead atoms. The van der Waals surface area contributed by atoms with Crippen molar-refractivity contribution in [2.24, 2.45) is 0 Å². The highest BCUT2D eigenvalue weighted by molar-refractivity contribution is 9.10. The molecule has 0 spiro atoms. The SMILES string of the molecule is CNCCCNC(=O)CCc1ccc(Br)cc1.Cl. The van der Waals surface area contributed by atoms with E-state index < -0.39 is 0 Å². The lowest BCUT2D eigenvalue weighted by molar-refractivity contribution is -0.121. The van der Waals surface area contributed by atoms with E-state index in [0.29, 0.717) is 6.42 Å². The van der Waals surface area contributed by atoms with Crippen LogP contribution < -0.4 is 10.6 Å². The Bertz CT molecular complexity index is 343. The third-order valence-corrected chi connectivity index (χ3v) is 3.01. The molecular weight excluding hydrogens is 316 g/mol. The quantitative estimate of drug-likeness (QED) is 0.752. The second-order valence-electron chi connectivity index (χ2n) is 3.93. The van der Waals surface area contributed by atoms with Gasteiger partial charge < -0.3 is 10.6 Å². The van der Waals surface area contributed by atoms with Gasteiger partial charge in [-0.2, -0.15) is 0 Å². The minimum Gasteiger partial charge on any atom is -0.356 e. The zero-order chi connectivity index (χ0) is 12.5. The molecule has 0 saturated carbocycles. The van der Waals surface area contributed by atoms with Crippen LogP contribution in [0.5, 0.6) is 0 Å². The highest BCUT2D eigenvalue weighted by Gasteiger charge is 2.01. The molecule has 0 aliphatic rings. The molecule has 0 unspecified atom stereocenters. The molecule has 0 aromatic heterocycles. The standard InChI is InChI=1S/C13H19BrN2O.ClH/c1-15-9-2-10-16-13(17)8-5-11-3-6-12(14)7-4-11;/h3-4,6-7,15H,2,5,8-10H2,1H3,(H,16,17);1H. The second-order valence-corrected chi connectivity index (χ2v) is 4.85. The van der Waals surface area contributed by atoms with E-state index in [1.54, 1.807) is 0 Å². The van der Waals surface area contributed by atoms with Crippen molar-refractivity contribution in [2.45, 2.75) is 19.3 Å². The number of carbonyl (C=O) groups is 1. The number of rotatable bonds is 7. The number of hydrogen-bond donors (Lipinski definition) is 2. The number of carbonyl (C=O) groups excluding carboxylic acids is 1. The molecule has 0 radical (unpaired) electrons. The molecule has 1 amide bonds. The first-order chi connectivity index (χ1) is 8.22. The summed E-state index contributed by atoms with van der Waals surface area (Å²) in [5.41, 5.74) is 1.19. The topological polar surface area (TPSA) is 41.1 Å². The van der Waals surface area contributed by atoms with Crippen molar-refractivity contribution in [3.8, 4) is 0 Å². The smallest absolute Gasteiger partial charge is 0.220 e. The number of benzene rings is 1. The van der Waals surface area contributed by atoms with Crippen molar-refractivity contribution < 1.29 is 4.79 Å². The molecule has 102 valence electrons. The maximum Gasteiger partial charge on any atom is 0.220 e. The molecule has 2 N–H and O–H groups in total. The van der Waals surface area contributed by atoms with E-state index in [9.17, 15) is 4.79 Å². The van der Waals surface area contributed by atoms with Crippen molar-refractivity contribution in [3.05, 3.63) is 34.3 Å². The summed E-state index contributed by atoms with van der Waals surface area (Å²) < 4.78 is 1.07. The summed E-state index contributed by atoms with van der Waals surface area (Å²) in [5, 5.41) is 5.96. The summed E-state index contributed by atoms with van der Waals surface area (Å²) in [7, 11) is 1.91. The van der Waals surface area contributed by atoms with E-state index in [4.69, 9.17) is 0 Å². The van der Waals surface area contributed by atoms with Gasteiger partial charge in [0.15, 0.2) is 0 Å². The van der Waals surface area contributed by atoms with Gasteiger partial charge in [0.1, 0.15) is 0 Å². The molecule has 0 heterocycles. The van der Waals surface area contributed by atoms with Crippen molar-refractivity contribution in [1.82, 2.24) is 10.6 Å². The Balaban J connectivity index is 0.00000289. The predicted molar refractivity (Wildman–Crippen MR) is 81.3 cm³/mol. The molecule has 5 heteroatoms. The van der Waals surface area contributed by atoms with Crippen LogP contribution in [0, 0.1) is 0 Å². The van der Waals surface area contributed by atoms with Gasteiger partial charge in [0.25, 0.3) is 0 Å². The molecule has 1 aromatic rings. The molecule has 0 aliphatic heterocycles. The molecule has 3 nitrogen and oxygen atoms in total. The van der Waals surface area contributed by atoms with E-state index >= 15 is 0 Å². The van der Waals surface area contributed by atoms with Crippen LogP contribution in [-0.4, -0.2) is 26.0 Å². The molecule has 18 heavy (non-hydrogen) atoms. The monoisotopic (exact) mass is 334 g/mol. The van der Waals surface area contributed by atoms with Gasteiger partial charge in [-0.1, -0.05) is 28.1 Å². The average Bonchev–Trinajstić information content (AvgIpc) is 2.34. The van der Waals surface area contributed by atoms with Crippen molar-refractivity contribution in [1.29, 1.82) is 0 Å². The Labute approximate surface area is 123 Å². The van der Waals surface area contributed by atoms with Crippen LogP contribution in [0.25, 0.3) is 0 Å². The van der Waals surface area contributed by atoms with E-state index in [1.807, 2.05) is 31.3 Å². The summed E-state index contributed by atoms with van der Waals surface area (Å²) in [6, 6.07) is 8.08. The van der Waals surface area contributed by atoms with Crippen LogP contribution >= 0.6 is 28.3 Å².